The maximum absolute atomic E-state index is 7.40. The first kappa shape index (κ1) is 14.1. The van der Waals surface area contributed by atoms with Gasteiger partial charge in [0.05, 0.1) is 0 Å². The van der Waals surface area contributed by atoms with Gasteiger partial charge in [-0.15, -0.1) is 0 Å². The minimum Gasteiger partial charge on any atom is -0.384 e. The Kier molecular flexibility index (Phi) is 4.08. The number of anilines is 1. The second kappa shape index (κ2) is 5.78. The topological polar surface area (TPSA) is 53.1 Å². The molecule has 2 aromatic rings. The zero-order chi connectivity index (χ0) is 14.7. The summed E-state index contributed by atoms with van der Waals surface area (Å²) in [6.45, 7) is 5.08. The van der Waals surface area contributed by atoms with Crippen molar-refractivity contribution in [2.45, 2.75) is 20.4 Å². The van der Waals surface area contributed by atoms with Gasteiger partial charge >= 0.3 is 0 Å². The largest absolute Gasteiger partial charge is 0.384 e. The number of hydrogen-bond donors (Lipinski definition) is 2. The Bertz CT molecular complexity index is 615. The molecule has 0 unspecified atom stereocenters. The van der Waals surface area contributed by atoms with E-state index in [0.717, 1.165) is 12.1 Å². The third-order valence-electron chi connectivity index (χ3n) is 3.45. The summed E-state index contributed by atoms with van der Waals surface area (Å²) in [5.41, 5.74) is 11.2. The third kappa shape index (κ3) is 3.18. The Morgan fingerprint density at radius 1 is 1.10 bits per heavy atom. The van der Waals surface area contributed by atoms with Crippen LogP contribution in [0.2, 0.25) is 0 Å². The van der Waals surface area contributed by atoms with Crippen molar-refractivity contribution in [2.75, 3.05) is 11.9 Å². The average molecular weight is 267 g/mol. The van der Waals surface area contributed by atoms with E-state index in [-0.39, 0.29) is 5.84 Å². The predicted molar refractivity (Wildman–Crippen MR) is 85.5 cm³/mol. The maximum atomic E-state index is 7.40. The highest BCUT2D eigenvalue weighted by molar-refractivity contribution is 5.94. The predicted octanol–water partition coefficient (Wildman–Crippen LogP) is 3.22. The number of amidine groups is 1. The van der Waals surface area contributed by atoms with E-state index in [9.17, 15) is 0 Å². The number of nitrogen functional groups attached to an aromatic ring is 1. The highest BCUT2D eigenvalue weighted by atomic mass is 15.1. The van der Waals surface area contributed by atoms with Crippen molar-refractivity contribution in [2.24, 2.45) is 5.73 Å². The molecule has 0 aliphatic carbocycles. The van der Waals surface area contributed by atoms with E-state index >= 15 is 0 Å². The van der Waals surface area contributed by atoms with Gasteiger partial charge in [0.15, 0.2) is 0 Å². The van der Waals surface area contributed by atoms with Gasteiger partial charge in [-0.05, 0) is 31.0 Å². The first-order valence-electron chi connectivity index (χ1n) is 6.69. The summed E-state index contributed by atoms with van der Waals surface area (Å²) in [5.74, 6) is 0.110. The Labute approximate surface area is 120 Å². The van der Waals surface area contributed by atoms with Crippen LogP contribution in [0.5, 0.6) is 0 Å². The summed E-state index contributed by atoms with van der Waals surface area (Å²) < 4.78 is 0. The van der Waals surface area contributed by atoms with Crippen molar-refractivity contribution in [1.29, 1.82) is 5.41 Å². The number of hydrogen-bond acceptors (Lipinski definition) is 2. The standard InChI is InChI=1S/C17H21N3/c1-12-4-9-16(13(2)10-12)20(3)11-14-5-7-15(8-6-14)17(18)19/h4-10H,11H2,1-3H3,(H3,18,19). The van der Waals surface area contributed by atoms with Gasteiger partial charge in [0.2, 0.25) is 0 Å². The van der Waals surface area contributed by atoms with Crippen LogP contribution >= 0.6 is 0 Å². The second-order valence-corrected chi connectivity index (χ2v) is 5.26. The summed E-state index contributed by atoms with van der Waals surface area (Å²) >= 11 is 0. The Hall–Kier alpha value is -2.29. The van der Waals surface area contributed by atoms with Gasteiger partial charge in [0.25, 0.3) is 0 Å². The normalized spacial score (nSPS) is 10.3. The van der Waals surface area contributed by atoms with Gasteiger partial charge in [0, 0.05) is 24.8 Å². The number of nitrogens with one attached hydrogen (secondary N) is 1. The van der Waals surface area contributed by atoms with E-state index in [1.54, 1.807) is 0 Å². The SMILES string of the molecule is Cc1ccc(N(C)Cc2ccc(C(=N)N)cc2)c(C)c1. The van der Waals surface area contributed by atoms with Crippen LogP contribution in [-0.2, 0) is 6.54 Å². The fourth-order valence-corrected chi connectivity index (χ4v) is 2.38. The average Bonchev–Trinajstić information content (AvgIpc) is 2.39. The fourth-order valence-electron chi connectivity index (χ4n) is 2.38. The Morgan fingerprint density at radius 2 is 1.75 bits per heavy atom. The lowest BCUT2D eigenvalue weighted by atomic mass is 10.1. The zero-order valence-corrected chi connectivity index (χ0v) is 12.3. The molecule has 0 amide bonds. The molecule has 0 bridgehead atoms. The van der Waals surface area contributed by atoms with Crippen molar-refractivity contribution < 1.29 is 0 Å². The summed E-state index contributed by atoms with van der Waals surface area (Å²) in [7, 11) is 2.09. The van der Waals surface area contributed by atoms with Crippen LogP contribution in [0.25, 0.3) is 0 Å². The van der Waals surface area contributed by atoms with Gasteiger partial charge in [-0.25, -0.2) is 0 Å². The van der Waals surface area contributed by atoms with E-state index in [0.29, 0.717) is 0 Å². The number of benzene rings is 2. The molecule has 3 nitrogen and oxygen atoms in total. The van der Waals surface area contributed by atoms with Crippen molar-refractivity contribution in [1.82, 2.24) is 0 Å². The molecule has 0 spiro atoms. The maximum Gasteiger partial charge on any atom is 0.122 e. The molecule has 0 radical (unpaired) electrons. The zero-order valence-electron chi connectivity index (χ0n) is 12.3. The minimum atomic E-state index is 0.110. The Balaban J connectivity index is 2.14. The molecule has 104 valence electrons. The molecule has 0 aliphatic rings. The molecule has 2 rings (SSSR count). The third-order valence-corrected chi connectivity index (χ3v) is 3.45. The van der Waals surface area contributed by atoms with E-state index in [1.807, 2.05) is 24.3 Å². The lowest BCUT2D eigenvalue weighted by Crippen LogP contribution is -2.17. The highest BCUT2D eigenvalue weighted by Gasteiger charge is 2.06. The monoisotopic (exact) mass is 267 g/mol. The number of nitrogens with two attached hydrogens (primary N) is 1. The quantitative estimate of drug-likeness (QED) is 0.660. The lowest BCUT2D eigenvalue weighted by molar-refractivity contribution is 0.916. The van der Waals surface area contributed by atoms with Crippen molar-refractivity contribution in [3.05, 3.63) is 64.7 Å². The summed E-state index contributed by atoms with van der Waals surface area (Å²) in [6, 6.07) is 14.3. The number of aryl methyl sites for hydroxylation is 2. The molecule has 0 saturated carbocycles. The van der Waals surface area contributed by atoms with Crippen molar-refractivity contribution >= 4 is 11.5 Å². The van der Waals surface area contributed by atoms with E-state index in [4.69, 9.17) is 11.1 Å². The first-order valence-corrected chi connectivity index (χ1v) is 6.69. The number of nitrogens with zero attached hydrogens (tertiary/aromatic N) is 1. The van der Waals surface area contributed by atoms with E-state index in [1.165, 1.54) is 22.4 Å². The summed E-state index contributed by atoms with van der Waals surface area (Å²) in [4.78, 5) is 2.23. The summed E-state index contributed by atoms with van der Waals surface area (Å²) in [5, 5.41) is 7.40. The van der Waals surface area contributed by atoms with Gasteiger partial charge in [0.1, 0.15) is 5.84 Å². The van der Waals surface area contributed by atoms with Crippen molar-refractivity contribution in [3.63, 3.8) is 0 Å². The molecule has 0 heterocycles. The smallest absolute Gasteiger partial charge is 0.122 e. The van der Waals surface area contributed by atoms with Crippen LogP contribution in [-0.4, -0.2) is 12.9 Å². The van der Waals surface area contributed by atoms with Crippen LogP contribution in [0.1, 0.15) is 22.3 Å². The van der Waals surface area contributed by atoms with Gasteiger partial charge in [-0.2, -0.15) is 0 Å². The molecule has 3 N–H and O–H groups in total. The molecule has 0 aliphatic heterocycles. The summed E-state index contributed by atoms with van der Waals surface area (Å²) in [6.07, 6.45) is 0. The van der Waals surface area contributed by atoms with Crippen LogP contribution in [0.3, 0.4) is 0 Å². The lowest BCUT2D eigenvalue weighted by Gasteiger charge is -2.22. The van der Waals surface area contributed by atoms with Gasteiger partial charge in [-0.1, -0.05) is 42.0 Å². The van der Waals surface area contributed by atoms with Gasteiger partial charge < -0.3 is 10.6 Å². The number of rotatable bonds is 4. The molecule has 0 saturated heterocycles. The molecule has 0 aromatic heterocycles. The Morgan fingerprint density at radius 3 is 2.30 bits per heavy atom. The molecule has 20 heavy (non-hydrogen) atoms. The van der Waals surface area contributed by atoms with Gasteiger partial charge in [-0.3, -0.25) is 5.41 Å². The van der Waals surface area contributed by atoms with Crippen LogP contribution < -0.4 is 10.6 Å². The molecular formula is C17H21N3. The minimum absolute atomic E-state index is 0.110. The van der Waals surface area contributed by atoms with Crippen molar-refractivity contribution in [3.8, 4) is 0 Å². The van der Waals surface area contributed by atoms with E-state index < -0.39 is 0 Å². The molecule has 2 aromatic carbocycles. The van der Waals surface area contributed by atoms with Crippen LogP contribution in [0.15, 0.2) is 42.5 Å². The molecule has 3 heteroatoms. The fraction of sp³-hybridized carbons (Fsp3) is 0.235. The molecule has 0 atom stereocenters. The first-order chi connectivity index (χ1) is 9.47. The molecule has 0 fully saturated rings. The van der Waals surface area contributed by atoms with E-state index in [2.05, 4.69) is 44.0 Å². The second-order valence-electron chi connectivity index (χ2n) is 5.26. The molecular weight excluding hydrogens is 246 g/mol. The van der Waals surface area contributed by atoms with Crippen LogP contribution in [0, 0.1) is 19.3 Å². The van der Waals surface area contributed by atoms with Crippen LogP contribution in [0.4, 0.5) is 5.69 Å². The highest BCUT2D eigenvalue weighted by Crippen LogP contribution is 2.21.